The molecule has 1 aliphatic carbocycles. The maximum absolute atomic E-state index is 5.75. The van der Waals surface area contributed by atoms with Crippen LogP contribution in [0.4, 0.5) is 0 Å². The van der Waals surface area contributed by atoms with Gasteiger partial charge in [-0.3, -0.25) is 4.68 Å². The van der Waals surface area contributed by atoms with E-state index in [4.69, 9.17) is 4.74 Å². The molecule has 0 amide bonds. The van der Waals surface area contributed by atoms with E-state index in [2.05, 4.69) is 22.3 Å². The molecular weight excluding hydrogens is 252 g/mol. The number of rotatable bonds is 7. The van der Waals surface area contributed by atoms with Crippen LogP contribution in [0.25, 0.3) is 0 Å². The van der Waals surface area contributed by atoms with Gasteiger partial charge in [0.15, 0.2) is 5.75 Å². The zero-order valence-corrected chi connectivity index (χ0v) is 11.7. The normalized spacial score (nSPS) is 14.4. The van der Waals surface area contributed by atoms with E-state index in [-0.39, 0.29) is 0 Å². The summed E-state index contributed by atoms with van der Waals surface area (Å²) in [6, 6.07) is 6.55. The van der Waals surface area contributed by atoms with Crippen molar-refractivity contribution in [3.05, 3.63) is 36.3 Å². The van der Waals surface area contributed by atoms with Gasteiger partial charge in [-0.25, -0.2) is 4.98 Å². The molecule has 20 heavy (non-hydrogen) atoms. The first-order valence-corrected chi connectivity index (χ1v) is 7.23. The van der Waals surface area contributed by atoms with Gasteiger partial charge in [-0.05, 0) is 25.3 Å². The van der Waals surface area contributed by atoms with Crippen LogP contribution in [0.3, 0.4) is 0 Å². The van der Waals surface area contributed by atoms with Crippen molar-refractivity contribution < 1.29 is 4.74 Å². The molecule has 1 saturated carbocycles. The van der Waals surface area contributed by atoms with E-state index in [0.717, 1.165) is 31.0 Å². The molecular formula is C15H20N4O. The first kappa shape index (κ1) is 13.1. The molecule has 0 aliphatic heterocycles. The fourth-order valence-electron chi connectivity index (χ4n) is 2.02. The minimum Gasteiger partial charge on any atom is -0.436 e. The summed E-state index contributed by atoms with van der Waals surface area (Å²) < 4.78 is 7.63. The lowest BCUT2D eigenvalue weighted by molar-refractivity contribution is 0.458. The Morgan fingerprint density at radius 3 is 3.10 bits per heavy atom. The molecule has 0 aromatic carbocycles. The van der Waals surface area contributed by atoms with Crippen molar-refractivity contribution in [2.45, 2.75) is 45.3 Å². The van der Waals surface area contributed by atoms with Crippen LogP contribution in [-0.2, 0) is 13.1 Å². The number of pyridine rings is 1. The van der Waals surface area contributed by atoms with Crippen molar-refractivity contribution in [1.29, 1.82) is 0 Å². The molecule has 1 aliphatic rings. The molecule has 0 unspecified atom stereocenters. The second kappa shape index (κ2) is 6.05. The smallest absolute Gasteiger partial charge is 0.219 e. The summed E-state index contributed by atoms with van der Waals surface area (Å²) in [5.41, 5.74) is 1.01. The molecule has 5 nitrogen and oxygen atoms in total. The highest BCUT2D eigenvalue weighted by molar-refractivity contribution is 5.23. The molecule has 0 saturated heterocycles. The Labute approximate surface area is 119 Å². The predicted octanol–water partition coefficient (Wildman–Crippen LogP) is 2.73. The average Bonchev–Trinajstić information content (AvgIpc) is 3.19. The lowest BCUT2D eigenvalue weighted by Gasteiger charge is -2.05. The number of aromatic nitrogens is 3. The summed E-state index contributed by atoms with van der Waals surface area (Å²) in [5.74, 6) is 1.36. The van der Waals surface area contributed by atoms with E-state index in [1.54, 1.807) is 6.20 Å². The van der Waals surface area contributed by atoms with Gasteiger partial charge in [0, 0.05) is 25.2 Å². The van der Waals surface area contributed by atoms with E-state index in [0.29, 0.717) is 11.9 Å². The SMILES string of the molecule is CCCn1cc(Oc2cccc(CNC3CC3)n2)cn1. The standard InChI is InChI=1S/C15H20N4O/c1-2-8-19-11-14(10-17-19)20-15-5-3-4-13(18-15)9-16-12-6-7-12/h3-5,10-12,16H,2,6-9H2,1H3. The zero-order valence-electron chi connectivity index (χ0n) is 11.7. The highest BCUT2D eigenvalue weighted by Crippen LogP contribution is 2.21. The molecule has 0 spiro atoms. The summed E-state index contributed by atoms with van der Waals surface area (Å²) in [6.45, 7) is 3.83. The van der Waals surface area contributed by atoms with E-state index < -0.39 is 0 Å². The van der Waals surface area contributed by atoms with Gasteiger partial charge in [0.05, 0.1) is 18.1 Å². The first-order chi connectivity index (χ1) is 9.83. The second-order valence-electron chi connectivity index (χ2n) is 5.16. The molecule has 1 fully saturated rings. The van der Waals surface area contributed by atoms with Crippen molar-refractivity contribution in [2.75, 3.05) is 0 Å². The Bertz CT molecular complexity index is 563. The fourth-order valence-corrected chi connectivity index (χ4v) is 2.02. The highest BCUT2D eigenvalue weighted by Gasteiger charge is 2.20. The molecule has 2 aromatic heterocycles. The maximum atomic E-state index is 5.75. The van der Waals surface area contributed by atoms with Crippen LogP contribution < -0.4 is 10.1 Å². The van der Waals surface area contributed by atoms with Gasteiger partial charge in [-0.15, -0.1) is 0 Å². The molecule has 0 atom stereocenters. The topological polar surface area (TPSA) is 52.0 Å². The first-order valence-electron chi connectivity index (χ1n) is 7.23. The lowest BCUT2D eigenvalue weighted by Crippen LogP contribution is -2.16. The van der Waals surface area contributed by atoms with Crippen LogP contribution >= 0.6 is 0 Å². The number of hydrogen-bond acceptors (Lipinski definition) is 4. The van der Waals surface area contributed by atoms with Gasteiger partial charge in [-0.2, -0.15) is 5.10 Å². The van der Waals surface area contributed by atoms with E-state index >= 15 is 0 Å². The van der Waals surface area contributed by atoms with E-state index in [9.17, 15) is 0 Å². The van der Waals surface area contributed by atoms with Gasteiger partial charge in [-0.1, -0.05) is 13.0 Å². The number of aryl methyl sites for hydroxylation is 1. The monoisotopic (exact) mass is 272 g/mol. The van der Waals surface area contributed by atoms with Crippen LogP contribution in [0, 0.1) is 0 Å². The third-order valence-electron chi connectivity index (χ3n) is 3.22. The highest BCUT2D eigenvalue weighted by atomic mass is 16.5. The largest absolute Gasteiger partial charge is 0.436 e. The summed E-state index contributed by atoms with van der Waals surface area (Å²) in [5, 5.41) is 7.69. The number of nitrogens with zero attached hydrogens (tertiary/aromatic N) is 3. The summed E-state index contributed by atoms with van der Waals surface area (Å²) >= 11 is 0. The number of hydrogen-bond donors (Lipinski definition) is 1. The van der Waals surface area contributed by atoms with Crippen molar-refractivity contribution in [3.63, 3.8) is 0 Å². The molecule has 2 aromatic rings. The zero-order chi connectivity index (χ0) is 13.8. The van der Waals surface area contributed by atoms with Crippen molar-refractivity contribution in [1.82, 2.24) is 20.1 Å². The van der Waals surface area contributed by atoms with Gasteiger partial charge < -0.3 is 10.1 Å². The molecule has 2 heterocycles. The average molecular weight is 272 g/mol. The van der Waals surface area contributed by atoms with Gasteiger partial charge in [0.2, 0.25) is 5.88 Å². The Kier molecular flexibility index (Phi) is 3.97. The minimum absolute atomic E-state index is 0.621. The van der Waals surface area contributed by atoms with Crippen molar-refractivity contribution in [2.24, 2.45) is 0 Å². The molecule has 3 rings (SSSR count). The Morgan fingerprint density at radius 2 is 2.30 bits per heavy atom. The number of nitrogens with one attached hydrogen (secondary N) is 1. The van der Waals surface area contributed by atoms with Crippen LogP contribution in [0.1, 0.15) is 31.9 Å². The molecule has 106 valence electrons. The van der Waals surface area contributed by atoms with Gasteiger partial charge in [0.1, 0.15) is 0 Å². The predicted molar refractivity (Wildman–Crippen MR) is 76.7 cm³/mol. The summed E-state index contributed by atoms with van der Waals surface area (Å²) in [7, 11) is 0. The van der Waals surface area contributed by atoms with Crippen LogP contribution in [0.5, 0.6) is 11.6 Å². The lowest BCUT2D eigenvalue weighted by atomic mass is 10.3. The third kappa shape index (κ3) is 3.57. The molecule has 0 radical (unpaired) electrons. The minimum atomic E-state index is 0.621. The Morgan fingerprint density at radius 1 is 1.40 bits per heavy atom. The van der Waals surface area contributed by atoms with Crippen molar-refractivity contribution in [3.8, 4) is 11.6 Å². The summed E-state index contributed by atoms with van der Waals surface area (Å²) in [6.07, 6.45) is 7.26. The maximum Gasteiger partial charge on any atom is 0.219 e. The van der Waals surface area contributed by atoms with Crippen LogP contribution in [0.15, 0.2) is 30.6 Å². The van der Waals surface area contributed by atoms with Gasteiger partial charge >= 0.3 is 0 Å². The quantitative estimate of drug-likeness (QED) is 0.842. The molecule has 0 bridgehead atoms. The Hall–Kier alpha value is -1.88. The Balaban J connectivity index is 1.61. The third-order valence-corrected chi connectivity index (χ3v) is 3.22. The van der Waals surface area contributed by atoms with Crippen LogP contribution in [0.2, 0.25) is 0 Å². The summed E-state index contributed by atoms with van der Waals surface area (Å²) in [4.78, 5) is 4.50. The van der Waals surface area contributed by atoms with Crippen LogP contribution in [-0.4, -0.2) is 20.8 Å². The molecule has 1 N–H and O–H groups in total. The fraction of sp³-hybridized carbons (Fsp3) is 0.467. The van der Waals surface area contributed by atoms with Gasteiger partial charge in [0.25, 0.3) is 0 Å². The number of ether oxygens (including phenoxy) is 1. The second-order valence-corrected chi connectivity index (χ2v) is 5.16. The molecule has 5 heteroatoms. The van der Waals surface area contributed by atoms with E-state index in [1.165, 1.54) is 12.8 Å². The van der Waals surface area contributed by atoms with E-state index in [1.807, 2.05) is 29.1 Å². The van der Waals surface area contributed by atoms with Crippen molar-refractivity contribution >= 4 is 0 Å².